The number of pyridine rings is 1. The van der Waals surface area contributed by atoms with Crippen molar-refractivity contribution in [2.75, 3.05) is 0 Å². The molecule has 0 aromatic carbocycles. The lowest BCUT2D eigenvalue weighted by Crippen LogP contribution is -2.56. The Morgan fingerprint density at radius 1 is 1.48 bits per heavy atom. The number of carboxylic acids is 1. The number of carbonyl (C=O) groups excluding carboxylic acids is 1. The summed E-state index contributed by atoms with van der Waals surface area (Å²) in [4.78, 5) is 28.0. The van der Waals surface area contributed by atoms with E-state index in [0.717, 1.165) is 19.3 Å². The van der Waals surface area contributed by atoms with Gasteiger partial charge in [-0.1, -0.05) is 13.3 Å². The third kappa shape index (κ3) is 3.43. The smallest absolute Gasteiger partial charge is 0.329 e. The Kier molecular flexibility index (Phi) is 4.98. The maximum atomic E-state index is 12.4. The zero-order valence-corrected chi connectivity index (χ0v) is 13.5. The molecule has 0 aliphatic heterocycles. The molecule has 1 saturated carbocycles. The molecule has 0 spiro atoms. The number of carboxylic acid groups (broad SMARTS) is 1. The van der Waals surface area contributed by atoms with E-state index < -0.39 is 11.5 Å². The van der Waals surface area contributed by atoms with Gasteiger partial charge >= 0.3 is 5.97 Å². The highest BCUT2D eigenvalue weighted by molar-refractivity contribution is 9.10. The molecule has 1 heterocycles. The van der Waals surface area contributed by atoms with Crippen LogP contribution in [0.3, 0.4) is 0 Å². The Morgan fingerprint density at radius 3 is 2.67 bits per heavy atom. The number of hydrogen-bond acceptors (Lipinski definition) is 3. The number of aliphatic carboxylic acids is 1. The molecule has 0 atom stereocenters. The van der Waals surface area contributed by atoms with Crippen LogP contribution >= 0.6 is 15.9 Å². The van der Waals surface area contributed by atoms with Crippen LogP contribution in [0.5, 0.6) is 0 Å². The summed E-state index contributed by atoms with van der Waals surface area (Å²) in [6, 6.07) is 1.58. The molecule has 1 aliphatic carbocycles. The van der Waals surface area contributed by atoms with Crippen molar-refractivity contribution in [3.05, 3.63) is 28.5 Å². The van der Waals surface area contributed by atoms with E-state index in [0.29, 0.717) is 28.8 Å². The lowest BCUT2D eigenvalue weighted by Gasteiger charge is -2.37. The summed E-state index contributed by atoms with van der Waals surface area (Å²) in [6.07, 6.45) is 6.72. The predicted molar refractivity (Wildman–Crippen MR) is 82.0 cm³/mol. The van der Waals surface area contributed by atoms with Crippen LogP contribution < -0.4 is 5.32 Å². The van der Waals surface area contributed by atoms with E-state index in [-0.39, 0.29) is 5.91 Å². The van der Waals surface area contributed by atoms with E-state index in [4.69, 9.17) is 0 Å². The van der Waals surface area contributed by atoms with Crippen molar-refractivity contribution >= 4 is 27.8 Å². The number of nitrogens with zero attached hydrogens (tertiary/aromatic N) is 1. The van der Waals surface area contributed by atoms with E-state index in [1.165, 1.54) is 12.4 Å². The summed E-state index contributed by atoms with van der Waals surface area (Å²) in [6.45, 7) is 2.12. The molecular formula is C15H19BrN2O3. The molecule has 0 saturated heterocycles. The van der Waals surface area contributed by atoms with E-state index in [9.17, 15) is 14.7 Å². The van der Waals surface area contributed by atoms with Crippen molar-refractivity contribution < 1.29 is 14.7 Å². The molecule has 0 unspecified atom stereocenters. The van der Waals surface area contributed by atoms with Gasteiger partial charge in [0.2, 0.25) is 0 Å². The monoisotopic (exact) mass is 354 g/mol. The maximum absolute atomic E-state index is 12.4. The number of rotatable bonds is 4. The molecule has 2 rings (SSSR count). The molecule has 0 radical (unpaired) electrons. The molecule has 5 nitrogen and oxygen atoms in total. The molecule has 0 bridgehead atoms. The van der Waals surface area contributed by atoms with Gasteiger partial charge in [-0.2, -0.15) is 0 Å². The molecule has 1 aliphatic rings. The highest BCUT2D eigenvalue weighted by Crippen LogP contribution is 2.34. The average Bonchev–Trinajstić information content (AvgIpc) is 2.48. The minimum atomic E-state index is -1.15. The van der Waals surface area contributed by atoms with Crippen molar-refractivity contribution in [3.8, 4) is 0 Å². The van der Waals surface area contributed by atoms with E-state index in [2.05, 4.69) is 33.2 Å². The molecule has 6 heteroatoms. The van der Waals surface area contributed by atoms with Gasteiger partial charge in [0.1, 0.15) is 5.54 Å². The Hall–Kier alpha value is -1.43. The molecule has 1 fully saturated rings. The van der Waals surface area contributed by atoms with Gasteiger partial charge in [-0.3, -0.25) is 9.78 Å². The first kappa shape index (κ1) is 15.9. The summed E-state index contributed by atoms with van der Waals surface area (Å²) in [5, 5.41) is 12.3. The maximum Gasteiger partial charge on any atom is 0.329 e. The van der Waals surface area contributed by atoms with E-state index >= 15 is 0 Å². The van der Waals surface area contributed by atoms with Crippen LogP contribution in [-0.2, 0) is 4.79 Å². The second kappa shape index (κ2) is 6.56. The first-order chi connectivity index (χ1) is 9.98. The van der Waals surface area contributed by atoms with Gasteiger partial charge in [-0.25, -0.2) is 4.79 Å². The minimum Gasteiger partial charge on any atom is -0.480 e. The van der Waals surface area contributed by atoms with Crippen molar-refractivity contribution in [1.82, 2.24) is 10.3 Å². The van der Waals surface area contributed by atoms with Crippen LogP contribution in [0.4, 0.5) is 0 Å². The fourth-order valence-electron chi connectivity index (χ4n) is 2.81. The van der Waals surface area contributed by atoms with Gasteiger partial charge in [-0.05, 0) is 53.6 Å². The van der Waals surface area contributed by atoms with Gasteiger partial charge in [0, 0.05) is 16.9 Å². The number of hydrogen-bond donors (Lipinski definition) is 2. The van der Waals surface area contributed by atoms with Crippen molar-refractivity contribution in [2.45, 2.75) is 44.6 Å². The molecule has 1 aromatic heterocycles. The summed E-state index contributed by atoms with van der Waals surface area (Å²) in [5.74, 6) is -0.765. The van der Waals surface area contributed by atoms with Gasteiger partial charge in [0.05, 0.1) is 5.56 Å². The topological polar surface area (TPSA) is 79.3 Å². The van der Waals surface area contributed by atoms with Crippen LogP contribution in [0.15, 0.2) is 22.9 Å². The van der Waals surface area contributed by atoms with Crippen LogP contribution in [0.25, 0.3) is 0 Å². The van der Waals surface area contributed by atoms with E-state index in [1.807, 2.05) is 0 Å². The highest BCUT2D eigenvalue weighted by Gasteiger charge is 2.43. The SMILES string of the molecule is CCC1CCC(NC(=O)c2ccncc2Br)(C(=O)O)CC1. The molecule has 21 heavy (non-hydrogen) atoms. The molecular weight excluding hydrogens is 336 g/mol. The van der Waals surface area contributed by atoms with Gasteiger partial charge in [0.25, 0.3) is 5.91 Å². The fourth-order valence-corrected chi connectivity index (χ4v) is 3.25. The summed E-state index contributed by atoms with van der Waals surface area (Å²) in [7, 11) is 0. The molecule has 114 valence electrons. The quantitative estimate of drug-likeness (QED) is 0.870. The lowest BCUT2D eigenvalue weighted by atomic mass is 9.75. The Morgan fingerprint density at radius 2 is 2.14 bits per heavy atom. The van der Waals surface area contributed by atoms with Crippen LogP contribution in [0.1, 0.15) is 49.4 Å². The minimum absolute atomic E-state index is 0.373. The van der Waals surface area contributed by atoms with Crippen LogP contribution in [0.2, 0.25) is 0 Å². The van der Waals surface area contributed by atoms with Gasteiger partial charge in [-0.15, -0.1) is 0 Å². The van der Waals surface area contributed by atoms with Crippen LogP contribution in [-0.4, -0.2) is 27.5 Å². The molecule has 2 N–H and O–H groups in total. The summed E-state index contributed by atoms with van der Waals surface area (Å²) < 4.78 is 0.560. The van der Waals surface area contributed by atoms with Gasteiger partial charge in [0.15, 0.2) is 0 Å². The van der Waals surface area contributed by atoms with E-state index in [1.54, 1.807) is 6.07 Å². The zero-order valence-electron chi connectivity index (χ0n) is 11.9. The normalized spacial score (nSPS) is 25.3. The van der Waals surface area contributed by atoms with Crippen LogP contribution in [0, 0.1) is 5.92 Å². The average molecular weight is 355 g/mol. The number of aromatic nitrogens is 1. The Bertz CT molecular complexity index is 539. The van der Waals surface area contributed by atoms with Crippen molar-refractivity contribution in [3.63, 3.8) is 0 Å². The number of carbonyl (C=O) groups is 2. The number of amides is 1. The zero-order chi connectivity index (χ0) is 15.5. The Labute approximate surface area is 132 Å². The first-order valence-electron chi connectivity index (χ1n) is 7.14. The third-order valence-corrected chi connectivity index (χ3v) is 4.95. The van der Waals surface area contributed by atoms with Crippen molar-refractivity contribution in [2.24, 2.45) is 5.92 Å². The number of nitrogens with one attached hydrogen (secondary N) is 1. The summed E-state index contributed by atoms with van der Waals surface area (Å²) in [5.41, 5.74) is -0.742. The molecule has 1 aromatic rings. The third-order valence-electron chi connectivity index (χ3n) is 4.32. The van der Waals surface area contributed by atoms with Crippen molar-refractivity contribution in [1.29, 1.82) is 0 Å². The largest absolute Gasteiger partial charge is 0.480 e. The summed E-state index contributed by atoms with van der Waals surface area (Å²) >= 11 is 3.27. The lowest BCUT2D eigenvalue weighted by molar-refractivity contribution is -0.146. The second-order valence-electron chi connectivity index (χ2n) is 5.55. The van der Waals surface area contributed by atoms with Gasteiger partial charge < -0.3 is 10.4 Å². The fraction of sp³-hybridized carbons (Fsp3) is 0.533. The standard InChI is InChI=1S/C15H19BrN2O3/c1-2-10-3-6-15(7-4-10,14(20)21)18-13(19)11-5-8-17-9-12(11)16/h5,8-10H,2-4,6-7H2,1H3,(H,18,19)(H,20,21). The highest BCUT2D eigenvalue weighted by atomic mass is 79.9. The second-order valence-corrected chi connectivity index (χ2v) is 6.40. The number of halogens is 1. The Balaban J connectivity index is 2.16. The molecule has 1 amide bonds. The predicted octanol–water partition coefficient (Wildman–Crippen LogP) is 3.00. The first-order valence-corrected chi connectivity index (χ1v) is 7.93.